The highest BCUT2D eigenvalue weighted by Gasteiger charge is 2.19. The summed E-state index contributed by atoms with van der Waals surface area (Å²) in [7, 11) is 0. The fourth-order valence-corrected chi connectivity index (χ4v) is 2.71. The van der Waals surface area contributed by atoms with Crippen LogP contribution in [0.2, 0.25) is 0 Å². The standard InChI is InChI=1S/C17H14N2O2/c20-16-10-15-14-6-5-12(4-3-11-1-2-11)9-13(14)7-8-19(15)17(21)18-16/h5-6,9-11H,1-2,7-8H2,(H,18,20,21). The van der Waals surface area contributed by atoms with Crippen molar-refractivity contribution in [2.24, 2.45) is 5.92 Å². The molecule has 4 heteroatoms. The van der Waals surface area contributed by atoms with E-state index in [0.717, 1.165) is 23.2 Å². The van der Waals surface area contributed by atoms with E-state index in [0.29, 0.717) is 12.5 Å². The second-order valence-corrected chi connectivity index (χ2v) is 5.60. The van der Waals surface area contributed by atoms with Crippen molar-refractivity contribution < 1.29 is 5.11 Å². The van der Waals surface area contributed by atoms with Gasteiger partial charge in [0, 0.05) is 29.7 Å². The number of hydrogen-bond acceptors (Lipinski definition) is 3. The lowest BCUT2D eigenvalue weighted by Gasteiger charge is -2.21. The smallest absolute Gasteiger partial charge is 0.351 e. The Labute approximate surface area is 122 Å². The molecular formula is C17H14N2O2. The molecule has 21 heavy (non-hydrogen) atoms. The van der Waals surface area contributed by atoms with Crippen molar-refractivity contribution >= 4 is 0 Å². The van der Waals surface area contributed by atoms with Gasteiger partial charge in [-0.15, -0.1) is 0 Å². The zero-order chi connectivity index (χ0) is 14.4. The molecule has 4 nitrogen and oxygen atoms in total. The molecule has 0 saturated heterocycles. The van der Waals surface area contributed by atoms with Crippen molar-refractivity contribution in [3.63, 3.8) is 0 Å². The summed E-state index contributed by atoms with van der Waals surface area (Å²) in [6, 6.07) is 7.60. The van der Waals surface area contributed by atoms with E-state index in [1.54, 1.807) is 10.6 Å². The van der Waals surface area contributed by atoms with Gasteiger partial charge in [-0.05, 0) is 37.0 Å². The van der Waals surface area contributed by atoms with Crippen LogP contribution in [0.4, 0.5) is 0 Å². The van der Waals surface area contributed by atoms with Crippen LogP contribution in [-0.4, -0.2) is 14.7 Å². The molecule has 1 aromatic heterocycles. The van der Waals surface area contributed by atoms with Gasteiger partial charge in [0.1, 0.15) is 0 Å². The van der Waals surface area contributed by atoms with Gasteiger partial charge in [-0.3, -0.25) is 4.57 Å². The van der Waals surface area contributed by atoms with E-state index in [4.69, 9.17) is 0 Å². The first-order valence-corrected chi connectivity index (χ1v) is 7.16. The van der Waals surface area contributed by atoms with E-state index >= 15 is 0 Å². The van der Waals surface area contributed by atoms with E-state index in [1.807, 2.05) is 12.1 Å². The fourth-order valence-electron chi connectivity index (χ4n) is 2.71. The first-order chi connectivity index (χ1) is 10.2. The Morgan fingerprint density at radius 1 is 1.29 bits per heavy atom. The molecule has 0 unspecified atom stereocenters. The molecule has 0 spiro atoms. The highest BCUT2D eigenvalue weighted by atomic mass is 16.3. The molecule has 2 aliphatic rings. The van der Waals surface area contributed by atoms with Gasteiger partial charge in [0.15, 0.2) is 0 Å². The lowest BCUT2D eigenvalue weighted by Crippen LogP contribution is -2.27. The van der Waals surface area contributed by atoms with Crippen LogP contribution in [0.15, 0.2) is 29.1 Å². The molecule has 1 saturated carbocycles. The van der Waals surface area contributed by atoms with Crippen molar-refractivity contribution in [2.75, 3.05) is 0 Å². The lowest BCUT2D eigenvalue weighted by molar-refractivity contribution is 0.443. The number of fused-ring (bicyclic) bond motifs is 3. The third-order valence-corrected chi connectivity index (χ3v) is 3.98. The number of aromatic hydroxyl groups is 1. The molecule has 1 fully saturated rings. The summed E-state index contributed by atoms with van der Waals surface area (Å²) >= 11 is 0. The van der Waals surface area contributed by atoms with Crippen molar-refractivity contribution in [3.05, 3.63) is 45.9 Å². The van der Waals surface area contributed by atoms with Crippen molar-refractivity contribution in [1.82, 2.24) is 9.55 Å². The van der Waals surface area contributed by atoms with E-state index in [2.05, 4.69) is 22.9 Å². The van der Waals surface area contributed by atoms with Gasteiger partial charge in [-0.2, -0.15) is 4.98 Å². The number of benzene rings is 1. The van der Waals surface area contributed by atoms with Gasteiger partial charge in [-0.25, -0.2) is 4.79 Å². The minimum absolute atomic E-state index is 0.225. The van der Waals surface area contributed by atoms with Gasteiger partial charge in [0.05, 0.1) is 5.69 Å². The second-order valence-electron chi connectivity index (χ2n) is 5.60. The Hall–Kier alpha value is -2.54. The third-order valence-electron chi connectivity index (χ3n) is 3.98. The van der Waals surface area contributed by atoms with Gasteiger partial charge in [0.2, 0.25) is 5.88 Å². The molecule has 2 aromatic rings. The maximum atomic E-state index is 11.8. The molecule has 4 rings (SSSR count). The number of hydrogen-bond donors (Lipinski definition) is 1. The van der Waals surface area contributed by atoms with E-state index in [1.165, 1.54) is 18.4 Å². The van der Waals surface area contributed by atoms with Crippen molar-refractivity contribution in [2.45, 2.75) is 25.8 Å². The van der Waals surface area contributed by atoms with Crippen LogP contribution in [0.3, 0.4) is 0 Å². The normalized spacial score (nSPS) is 15.6. The SMILES string of the molecule is O=c1nc(O)cc2n1CCc1cc(C#CC3CC3)ccc1-2. The first kappa shape index (κ1) is 12.2. The van der Waals surface area contributed by atoms with Gasteiger partial charge < -0.3 is 5.11 Å². The number of rotatable bonds is 0. The zero-order valence-corrected chi connectivity index (χ0v) is 11.5. The largest absolute Gasteiger partial charge is 0.493 e. The Kier molecular flexibility index (Phi) is 2.61. The van der Waals surface area contributed by atoms with Gasteiger partial charge >= 0.3 is 5.69 Å². The third kappa shape index (κ3) is 2.21. The summed E-state index contributed by atoms with van der Waals surface area (Å²) in [5.41, 5.74) is 3.51. The molecule has 104 valence electrons. The molecule has 1 aromatic carbocycles. The number of nitrogens with zero attached hydrogens (tertiary/aromatic N) is 2. The molecule has 0 radical (unpaired) electrons. The molecule has 0 atom stereocenters. The van der Waals surface area contributed by atoms with Crippen LogP contribution in [0.5, 0.6) is 5.88 Å². The Morgan fingerprint density at radius 3 is 2.95 bits per heavy atom. The molecule has 1 aliphatic heterocycles. The van der Waals surface area contributed by atoms with E-state index < -0.39 is 5.69 Å². The summed E-state index contributed by atoms with van der Waals surface area (Å²) in [6.07, 6.45) is 3.23. The lowest BCUT2D eigenvalue weighted by atomic mass is 9.95. The molecule has 2 heterocycles. The van der Waals surface area contributed by atoms with Crippen LogP contribution < -0.4 is 5.69 Å². The zero-order valence-electron chi connectivity index (χ0n) is 11.5. The summed E-state index contributed by atoms with van der Waals surface area (Å²) in [4.78, 5) is 15.4. The summed E-state index contributed by atoms with van der Waals surface area (Å²) in [6.45, 7) is 0.591. The van der Waals surface area contributed by atoms with E-state index in [9.17, 15) is 9.90 Å². The molecular weight excluding hydrogens is 264 g/mol. The predicted molar refractivity (Wildman–Crippen MR) is 78.9 cm³/mol. The average molecular weight is 278 g/mol. The monoisotopic (exact) mass is 278 g/mol. The summed E-state index contributed by atoms with van der Waals surface area (Å²) < 4.78 is 1.61. The molecule has 1 aliphatic carbocycles. The van der Waals surface area contributed by atoms with Crippen LogP contribution >= 0.6 is 0 Å². The quantitative estimate of drug-likeness (QED) is 0.749. The summed E-state index contributed by atoms with van der Waals surface area (Å²) in [5.74, 6) is 6.85. The fraction of sp³-hybridized carbons (Fsp3) is 0.294. The Bertz CT molecular complexity index is 851. The topological polar surface area (TPSA) is 55.1 Å². The van der Waals surface area contributed by atoms with Gasteiger partial charge in [0.25, 0.3) is 0 Å². The predicted octanol–water partition coefficient (Wildman–Crippen LogP) is 1.93. The van der Waals surface area contributed by atoms with Gasteiger partial charge in [-0.1, -0.05) is 17.9 Å². The number of aryl methyl sites for hydroxylation is 1. The summed E-state index contributed by atoms with van der Waals surface area (Å²) in [5, 5.41) is 9.55. The first-order valence-electron chi connectivity index (χ1n) is 7.16. The van der Waals surface area contributed by atoms with E-state index in [-0.39, 0.29) is 5.88 Å². The second kappa shape index (κ2) is 4.49. The molecule has 1 N–H and O–H groups in total. The van der Waals surface area contributed by atoms with Crippen LogP contribution in [0.25, 0.3) is 11.3 Å². The van der Waals surface area contributed by atoms with Crippen LogP contribution in [-0.2, 0) is 13.0 Å². The highest BCUT2D eigenvalue weighted by molar-refractivity contribution is 5.67. The molecule has 0 amide bonds. The minimum Gasteiger partial charge on any atom is -0.493 e. The maximum Gasteiger partial charge on any atom is 0.351 e. The average Bonchev–Trinajstić information content (AvgIpc) is 3.28. The minimum atomic E-state index is -0.395. The highest BCUT2D eigenvalue weighted by Crippen LogP contribution is 2.30. The van der Waals surface area contributed by atoms with Crippen LogP contribution in [0.1, 0.15) is 24.0 Å². The maximum absolute atomic E-state index is 11.8. The number of aromatic nitrogens is 2. The van der Waals surface area contributed by atoms with Crippen LogP contribution in [0, 0.1) is 17.8 Å². The Balaban J connectivity index is 1.81. The molecule has 0 bridgehead atoms. The van der Waals surface area contributed by atoms with Crippen molar-refractivity contribution in [1.29, 1.82) is 0 Å². The van der Waals surface area contributed by atoms with Crippen molar-refractivity contribution in [3.8, 4) is 29.0 Å². The Morgan fingerprint density at radius 2 is 2.14 bits per heavy atom.